The van der Waals surface area contributed by atoms with Gasteiger partial charge in [0.15, 0.2) is 0 Å². The Balaban J connectivity index is 1.54. The van der Waals surface area contributed by atoms with E-state index in [0.717, 1.165) is 5.69 Å². The van der Waals surface area contributed by atoms with E-state index in [2.05, 4.69) is 25.5 Å². The van der Waals surface area contributed by atoms with E-state index >= 15 is 0 Å². The van der Waals surface area contributed by atoms with Crippen molar-refractivity contribution in [2.45, 2.75) is 13.0 Å². The molecule has 0 aliphatic carbocycles. The third-order valence-corrected chi connectivity index (χ3v) is 3.59. The maximum atomic E-state index is 12.8. The lowest BCUT2D eigenvalue weighted by atomic mass is 10.2. The van der Waals surface area contributed by atoms with Crippen LogP contribution in [-0.2, 0) is 6.54 Å². The molecule has 7 nitrogen and oxygen atoms in total. The Morgan fingerprint density at radius 3 is 2.81 bits per heavy atom. The van der Waals surface area contributed by atoms with Crippen LogP contribution in [0.15, 0.2) is 47.3 Å². The Morgan fingerprint density at radius 2 is 2.08 bits per heavy atom. The quantitative estimate of drug-likeness (QED) is 0.549. The highest BCUT2D eigenvalue weighted by Crippen LogP contribution is 2.24. The molecule has 0 amide bonds. The van der Waals surface area contributed by atoms with E-state index in [4.69, 9.17) is 4.42 Å². The molecule has 0 saturated carbocycles. The van der Waals surface area contributed by atoms with Crippen LogP contribution in [0.4, 0.5) is 18.9 Å². The number of nitrogens with zero attached hydrogens (tertiary/aromatic N) is 5. The van der Waals surface area contributed by atoms with Gasteiger partial charge in [-0.3, -0.25) is 0 Å². The summed E-state index contributed by atoms with van der Waals surface area (Å²) < 4.78 is 44.6. The van der Waals surface area contributed by atoms with Gasteiger partial charge in [-0.05, 0) is 24.3 Å². The number of alkyl halides is 2. The van der Waals surface area contributed by atoms with Gasteiger partial charge in [0, 0.05) is 18.0 Å². The molecule has 0 bridgehead atoms. The molecule has 0 atom stereocenters. The van der Waals surface area contributed by atoms with Gasteiger partial charge < -0.3 is 14.1 Å². The van der Waals surface area contributed by atoms with E-state index in [1.807, 2.05) is 6.20 Å². The van der Waals surface area contributed by atoms with Gasteiger partial charge in [0.2, 0.25) is 11.8 Å². The summed E-state index contributed by atoms with van der Waals surface area (Å²) in [6.45, 7) is 0.403. The van der Waals surface area contributed by atoms with Gasteiger partial charge in [-0.1, -0.05) is 0 Å². The van der Waals surface area contributed by atoms with Crippen molar-refractivity contribution < 1.29 is 17.6 Å². The number of fused-ring (bicyclic) bond motifs is 1. The van der Waals surface area contributed by atoms with Crippen LogP contribution in [0, 0.1) is 5.95 Å². The molecule has 4 aromatic rings. The molecule has 10 heteroatoms. The molecule has 0 aliphatic rings. The lowest BCUT2D eigenvalue weighted by molar-refractivity contribution is 0.116. The standard InChI is InChI=1S/C16H11F3N6O/c17-12-2-1-10(6-21-12)20-7-11-8-25-4-3-9(5-13(25)22-11)15-23-24-16(26-15)14(18)19/h1-6,8,14,20H,7H2. The highest BCUT2D eigenvalue weighted by atomic mass is 19.3. The minimum atomic E-state index is -2.81. The summed E-state index contributed by atoms with van der Waals surface area (Å²) in [5.41, 5.74) is 2.47. The number of rotatable bonds is 5. The average Bonchev–Trinajstić information content (AvgIpc) is 3.27. The van der Waals surface area contributed by atoms with Gasteiger partial charge in [0.1, 0.15) is 5.65 Å². The zero-order valence-corrected chi connectivity index (χ0v) is 13.1. The van der Waals surface area contributed by atoms with Crippen molar-refractivity contribution in [1.29, 1.82) is 0 Å². The number of imidazole rings is 1. The first-order chi connectivity index (χ1) is 12.6. The van der Waals surface area contributed by atoms with Gasteiger partial charge >= 0.3 is 6.43 Å². The Morgan fingerprint density at radius 1 is 1.19 bits per heavy atom. The van der Waals surface area contributed by atoms with Crippen LogP contribution < -0.4 is 5.32 Å². The summed E-state index contributed by atoms with van der Waals surface area (Å²) in [5, 5.41) is 10.0. The van der Waals surface area contributed by atoms with Gasteiger partial charge in [0.05, 0.1) is 24.1 Å². The van der Waals surface area contributed by atoms with Crippen molar-refractivity contribution in [2.24, 2.45) is 0 Å². The van der Waals surface area contributed by atoms with Crippen molar-refractivity contribution in [3.8, 4) is 11.5 Å². The Labute approximate surface area is 144 Å². The van der Waals surface area contributed by atoms with E-state index in [-0.39, 0.29) is 5.89 Å². The molecule has 0 spiro atoms. The second-order valence-electron chi connectivity index (χ2n) is 5.38. The van der Waals surface area contributed by atoms with Crippen LogP contribution in [0.1, 0.15) is 18.0 Å². The fourth-order valence-electron chi connectivity index (χ4n) is 2.37. The van der Waals surface area contributed by atoms with Crippen molar-refractivity contribution in [3.63, 3.8) is 0 Å². The van der Waals surface area contributed by atoms with Gasteiger partial charge in [-0.15, -0.1) is 10.2 Å². The second-order valence-corrected chi connectivity index (χ2v) is 5.38. The molecular weight excluding hydrogens is 349 g/mol. The predicted molar refractivity (Wildman–Crippen MR) is 85.0 cm³/mol. The van der Waals surface area contributed by atoms with Gasteiger partial charge in [-0.25, -0.2) is 9.97 Å². The van der Waals surface area contributed by atoms with E-state index in [1.54, 1.807) is 28.8 Å². The number of anilines is 1. The van der Waals surface area contributed by atoms with Crippen LogP contribution in [0.3, 0.4) is 0 Å². The first kappa shape index (κ1) is 16.1. The van der Waals surface area contributed by atoms with Crippen molar-refractivity contribution in [1.82, 2.24) is 24.6 Å². The van der Waals surface area contributed by atoms with Crippen LogP contribution in [0.2, 0.25) is 0 Å². The molecule has 0 aromatic carbocycles. The van der Waals surface area contributed by atoms with Crippen molar-refractivity contribution in [2.75, 3.05) is 5.32 Å². The van der Waals surface area contributed by atoms with Gasteiger partial charge in [0.25, 0.3) is 5.89 Å². The zero-order valence-electron chi connectivity index (χ0n) is 13.1. The molecule has 132 valence electrons. The number of nitrogens with one attached hydrogen (secondary N) is 1. The predicted octanol–water partition coefficient (Wildman–Crippen LogP) is 3.47. The number of aromatic nitrogens is 5. The number of halogens is 3. The Bertz CT molecular complexity index is 1040. The van der Waals surface area contributed by atoms with E-state index < -0.39 is 18.3 Å². The van der Waals surface area contributed by atoms with Crippen LogP contribution in [0.25, 0.3) is 17.1 Å². The largest absolute Gasteiger partial charge is 0.415 e. The Kier molecular flexibility index (Phi) is 3.99. The monoisotopic (exact) mass is 360 g/mol. The normalized spacial score (nSPS) is 11.4. The molecule has 0 saturated heterocycles. The molecule has 4 aromatic heterocycles. The lowest BCUT2D eigenvalue weighted by Crippen LogP contribution is -2.00. The number of pyridine rings is 2. The maximum Gasteiger partial charge on any atom is 0.314 e. The topological polar surface area (TPSA) is 81.1 Å². The molecule has 0 aliphatic heterocycles. The van der Waals surface area contributed by atoms with E-state index in [1.165, 1.54) is 12.3 Å². The van der Waals surface area contributed by atoms with Crippen LogP contribution in [0.5, 0.6) is 0 Å². The van der Waals surface area contributed by atoms with Crippen molar-refractivity contribution in [3.05, 3.63) is 60.4 Å². The van der Waals surface area contributed by atoms with Crippen LogP contribution in [-0.4, -0.2) is 24.6 Å². The summed E-state index contributed by atoms with van der Waals surface area (Å²) in [6, 6.07) is 6.16. The SMILES string of the molecule is Fc1ccc(NCc2cn3ccc(-c4nnc(C(F)F)o4)cc3n2)cn1. The summed E-state index contributed by atoms with van der Waals surface area (Å²) in [7, 11) is 0. The molecule has 0 fully saturated rings. The second kappa shape index (κ2) is 6.47. The maximum absolute atomic E-state index is 12.8. The molecule has 4 heterocycles. The molecule has 0 unspecified atom stereocenters. The number of hydrogen-bond acceptors (Lipinski definition) is 6. The molecule has 1 N–H and O–H groups in total. The fraction of sp³-hybridized carbons (Fsp3) is 0.125. The third-order valence-electron chi connectivity index (χ3n) is 3.59. The Hall–Kier alpha value is -3.43. The average molecular weight is 360 g/mol. The minimum absolute atomic E-state index is 0.00265. The first-order valence-corrected chi connectivity index (χ1v) is 7.53. The molecular formula is C16H11F3N6O. The highest BCUT2D eigenvalue weighted by Gasteiger charge is 2.17. The number of hydrogen-bond donors (Lipinski definition) is 1. The summed E-state index contributed by atoms with van der Waals surface area (Å²) in [4.78, 5) is 8.00. The fourth-order valence-corrected chi connectivity index (χ4v) is 2.37. The van der Waals surface area contributed by atoms with Gasteiger partial charge in [-0.2, -0.15) is 13.2 Å². The molecule has 0 radical (unpaired) electrons. The smallest absolute Gasteiger partial charge is 0.314 e. The summed E-state index contributed by atoms with van der Waals surface area (Å²) in [5.74, 6) is -1.27. The lowest BCUT2D eigenvalue weighted by Gasteiger charge is -2.02. The summed E-state index contributed by atoms with van der Waals surface area (Å²) in [6.07, 6.45) is 2.10. The third kappa shape index (κ3) is 3.21. The highest BCUT2D eigenvalue weighted by molar-refractivity contribution is 5.60. The van der Waals surface area contributed by atoms with Crippen molar-refractivity contribution >= 4 is 11.3 Å². The molecule has 4 rings (SSSR count). The minimum Gasteiger partial charge on any atom is -0.415 e. The zero-order chi connectivity index (χ0) is 18.1. The van der Waals surface area contributed by atoms with E-state index in [0.29, 0.717) is 23.4 Å². The van der Waals surface area contributed by atoms with E-state index in [9.17, 15) is 13.2 Å². The summed E-state index contributed by atoms with van der Waals surface area (Å²) >= 11 is 0. The first-order valence-electron chi connectivity index (χ1n) is 7.53. The molecule has 26 heavy (non-hydrogen) atoms. The van der Waals surface area contributed by atoms with Crippen LogP contribution >= 0.6 is 0 Å².